The van der Waals surface area contributed by atoms with Crippen LogP contribution in [0.1, 0.15) is 10.4 Å². The summed E-state index contributed by atoms with van der Waals surface area (Å²) in [6.07, 6.45) is 1.33. The van der Waals surface area contributed by atoms with Crippen molar-refractivity contribution in [3.8, 4) is 5.75 Å². The summed E-state index contributed by atoms with van der Waals surface area (Å²) in [5, 5.41) is 2.57. The largest absolute Gasteiger partial charge is 0.484 e. The smallest absolute Gasteiger partial charge is 0.339 e. The lowest BCUT2D eigenvalue weighted by Crippen LogP contribution is -2.20. The van der Waals surface area contributed by atoms with Crippen molar-refractivity contribution in [2.24, 2.45) is 0 Å². The van der Waals surface area contributed by atoms with E-state index in [2.05, 4.69) is 15.0 Å². The number of aromatic nitrogens is 1. The minimum atomic E-state index is -0.479. The topological polar surface area (TPSA) is 77.5 Å². The molecule has 1 amide bonds. The van der Waals surface area contributed by atoms with Gasteiger partial charge in [-0.3, -0.25) is 4.79 Å². The Labute approximate surface area is 121 Å². The summed E-state index contributed by atoms with van der Waals surface area (Å²) in [4.78, 5) is 26.9. The first-order valence-corrected chi connectivity index (χ1v) is 6.21. The number of rotatable bonds is 5. The van der Waals surface area contributed by atoms with Gasteiger partial charge in [-0.05, 0) is 24.3 Å². The number of nitrogens with one attached hydrogen (secondary N) is 1. The zero-order chi connectivity index (χ0) is 15.1. The fraction of sp³-hybridized carbons (Fsp3) is 0.133. The fourth-order valence-electron chi connectivity index (χ4n) is 1.55. The molecule has 21 heavy (non-hydrogen) atoms. The Morgan fingerprint density at radius 3 is 2.52 bits per heavy atom. The van der Waals surface area contributed by atoms with Crippen LogP contribution in [0.3, 0.4) is 0 Å². The second-order valence-electron chi connectivity index (χ2n) is 4.07. The molecule has 6 heteroatoms. The normalized spacial score (nSPS) is 9.76. The molecule has 1 aromatic carbocycles. The Kier molecular flexibility index (Phi) is 4.87. The van der Waals surface area contributed by atoms with Crippen molar-refractivity contribution in [3.05, 3.63) is 54.2 Å². The number of benzene rings is 1. The van der Waals surface area contributed by atoms with Crippen LogP contribution >= 0.6 is 0 Å². The minimum Gasteiger partial charge on any atom is -0.484 e. The summed E-state index contributed by atoms with van der Waals surface area (Å²) in [7, 11) is 1.29. The summed E-state index contributed by atoms with van der Waals surface area (Å²) in [5.74, 6) is 0.135. The molecule has 0 saturated heterocycles. The van der Waals surface area contributed by atoms with E-state index in [4.69, 9.17) is 4.74 Å². The van der Waals surface area contributed by atoms with Gasteiger partial charge >= 0.3 is 5.97 Å². The van der Waals surface area contributed by atoms with E-state index in [1.165, 1.54) is 25.4 Å². The van der Waals surface area contributed by atoms with Crippen molar-refractivity contribution >= 4 is 17.7 Å². The first kappa shape index (κ1) is 14.5. The fourth-order valence-corrected chi connectivity index (χ4v) is 1.55. The van der Waals surface area contributed by atoms with Gasteiger partial charge in [-0.25, -0.2) is 9.78 Å². The molecule has 108 valence electrons. The van der Waals surface area contributed by atoms with Gasteiger partial charge < -0.3 is 14.8 Å². The third-order valence-corrected chi connectivity index (χ3v) is 2.57. The number of anilines is 1. The van der Waals surface area contributed by atoms with Gasteiger partial charge in [-0.1, -0.05) is 18.2 Å². The summed E-state index contributed by atoms with van der Waals surface area (Å²) in [6.45, 7) is -0.121. The second-order valence-corrected chi connectivity index (χ2v) is 4.07. The van der Waals surface area contributed by atoms with Crippen LogP contribution in [0.25, 0.3) is 0 Å². The van der Waals surface area contributed by atoms with E-state index in [9.17, 15) is 9.59 Å². The molecule has 6 nitrogen and oxygen atoms in total. The number of ether oxygens (including phenoxy) is 2. The number of para-hydroxylation sites is 1. The first-order chi connectivity index (χ1) is 10.2. The van der Waals surface area contributed by atoms with Crippen LogP contribution in [0, 0.1) is 0 Å². The average Bonchev–Trinajstić information content (AvgIpc) is 2.54. The van der Waals surface area contributed by atoms with E-state index in [-0.39, 0.29) is 12.5 Å². The number of esters is 1. The number of carbonyl (C=O) groups is 2. The zero-order valence-electron chi connectivity index (χ0n) is 11.4. The van der Waals surface area contributed by atoms with Crippen molar-refractivity contribution in [1.82, 2.24) is 4.98 Å². The van der Waals surface area contributed by atoms with Crippen LogP contribution < -0.4 is 10.1 Å². The molecule has 0 fully saturated rings. The Balaban J connectivity index is 1.86. The monoisotopic (exact) mass is 286 g/mol. The number of pyridine rings is 1. The number of methoxy groups -OCH3 is 1. The Hall–Kier alpha value is -2.89. The van der Waals surface area contributed by atoms with Crippen molar-refractivity contribution < 1.29 is 19.1 Å². The highest BCUT2D eigenvalue weighted by atomic mass is 16.5. The lowest BCUT2D eigenvalue weighted by molar-refractivity contribution is -0.118. The number of nitrogens with zero attached hydrogens (tertiary/aromatic N) is 1. The average molecular weight is 286 g/mol. The number of carbonyl (C=O) groups excluding carboxylic acids is 2. The molecule has 0 aliphatic heterocycles. The second kappa shape index (κ2) is 7.04. The van der Waals surface area contributed by atoms with Gasteiger partial charge in [0, 0.05) is 6.20 Å². The van der Waals surface area contributed by atoms with Crippen LogP contribution in [0.5, 0.6) is 5.75 Å². The van der Waals surface area contributed by atoms with Crippen molar-refractivity contribution in [3.63, 3.8) is 0 Å². The predicted octanol–water partition coefficient (Wildman–Crippen LogP) is 1.89. The quantitative estimate of drug-likeness (QED) is 0.849. The molecule has 1 N–H and O–H groups in total. The molecular weight excluding hydrogens is 272 g/mol. The summed E-state index contributed by atoms with van der Waals surface area (Å²) < 4.78 is 9.86. The van der Waals surface area contributed by atoms with Crippen LogP contribution in [0.4, 0.5) is 5.82 Å². The molecule has 0 saturated carbocycles. The molecule has 0 spiro atoms. The highest BCUT2D eigenvalue weighted by Gasteiger charge is 2.08. The minimum absolute atomic E-state index is 0.121. The third kappa shape index (κ3) is 4.31. The van der Waals surface area contributed by atoms with Crippen molar-refractivity contribution in [1.29, 1.82) is 0 Å². The van der Waals surface area contributed by atoms with Crippen LogP contribution in [-0.2, 0) is 9.53 Å². The van der Waals surface area contributed by atoms with Crippen LogP contribution in [-0.4, -0.2) is 30.6 Å². The molecule has 1 aromatic heterocycles. The van der Waals surface area contributed by atoms with Gasteiger partial charge in [0.1, 0.15) is 11.6 Å². The highest BCUT2D eigenvalue weighted by Crippen LogP contribution is 2.09. The predicted molar refractivity (Wildman–Crippen MR) is 76.1 cm³/mol. The molecular formula is C15H14N2O4. The molecule has 0 aliphatic carbocycles. The molecule has 2 rings (SSSR count). The van der Waals surface area contributed by atoms with E-state index in [1.807, 2.05) is 18.2 Å². The number of hydrogen-bond donors (Lipinski definition) is 1. The SMILES string of the molecule is COC(=O)c1ccc(NC(=O)COc2ccccc2)nc1. The molecule has 2 aromatic rings. The van der Waals surface area contributed by atoms with Crippen molar-refractivity contribution in [2.75, 3.05) is 19.0 Å². The molecule has 0 atom stereocenters. The van der Waals surface area contributed by atoms with E-state index < -0.39 is 5.97 Å². The van der Waals surface area contributed by atoms with Gasteiger partial charge in [0.05, 0.1) is 12.7 Å². The van der Waals surface area contributed by atoms with Gasteiger partial charge in [0.15, 0.2) is 6.61 Å². The zero-order valence-corrected chi connectivity index (χ0v) is 11.4. The first-order valence-electron chi connectivity index (χ1n) is 6.21. The summed E-state index contributed by atoms with van der Waals surface area (Å²) >= 11 is 0. The van der Waals surface area contributed by atoms with E-state index >= 15 is 0 Å². The third-order valence-electron chi connectivity index (χ3n) is 2.57. The van der Waals surface area contributed by atoms with Gasteiger partial charge in [-0.15, -0.1) is 0 Å². The number of hydrogen-bond acceptors (Lipinski definition) is 5. The maximum Gasteiger partial charge on any atom is 0.339 e. The Bertz CT molecular complexity index is 611. The van der Waals surface area contributed by atoms with Crippen LogP contribution in [0.2, 0.25) is 0 Å². The molecule has 0 aliphatic rings. The Morgan fingerprint density at radius 2 is 1.90 bits per heavy atom. The van der Waals surface area contributed by atoms with Gasteiger partial charge in [-0.2, -0.15) is 0 Å². The van der Waals surface area contributed by atoms with Crippen molar-refractivity contribution in [2.45, 2.75) is 0 Å². The molecule has 0 unspecified atom stereocenters. The van der Waals surface area contributed by atoms with Crippen LogP contribution in [0.15, 0.2) is 48.7 Å². The van der Waals surface area contributed by atoms with Gasteiger partial charge in [0.25, 0.3) is 5.91 Å². The molecule has 1 heterocycles. The molecule has 0 radical (unpaired) electrons. The highest BCUT2D eigenvalue weighted by molar-refractivity contribution is 5.92. The van der Waals surface area contributed by atoms with E-state index in [0.717, 1.165) is 0 Å². The Morgan fingerprint density at radius 1 is 1.14 bits per heavy atom. The van der Waals surface area contributed by atoms with E-state index in [0.29, 0.717) is 17.1 Å². The van der Waals surface area contributed by atoms with E-state index in [1.54, 1.807) is 12.1 Å². The lowest BCUT2D eigenvalue weighted by Gasteiger charge is -2.07. The lowest BCUT2D eigenvalue weighted by atomic mass is 10.3. The maximum atomic E-state index is 11.7. The van der Waals surface area contributed by atoms with Gasteiger partial charge in [0.2, 0.25) is 0 Å². The molecule has 0 bridgehead atoms. The number of amides is 1. The standard InChI is InChI=1S/C15H14N2O4/c1-20-15(19)11-7-8-13(16-9-11)17-14(18)10-21-12-5-3-2-4-6-12/h2-9H,10H2,1H3,(H,16,17,18). The summed E-state index contributed by atoms with van der Waals surface area (Å²) in [6, 6.07) is 12.1. The summed E-state index contributed by atoms with van der Waals surface area (Å²) in [5.41, 5.74) is 0.316. The maximum absolute atomic E-state index is 11.7.